The van der Waals surface area contributed by atoms with E-state index in [2.05, 4.69) is 22.2 Å². The minimum absolute atomic E-state index is 0.0563. The Bertz CT molecular complexity index is 663. The number of para-hydroxylation sites is 1. The molecular weight excluding hydrogens is 288 g/mol. The molecule has 1 atom stereocenters. The van der Waals surface area contributed by atoms with Gasteiger partial charge in [-0.15, -0.1) is 0 Å². The van der Waals surface area contributed by atoms with E-state index in [9.17, 15) is 4.79 Å². The van der Waals surface area contributed by atoms with E-state index < -0.39 is 0 Å². The van der Waals surface area contributed by atoms with Crippen molar-refractivity contribution in [3.05, 3.63) is 47.3 Å². The number of hydrogen-bond donors (Lipinski definition) is 1. The van der Waals surface area contributed by atoms with Crippen molar-refractivity contribution < 1.29 is 4.79 Å². The van der Waals surface area contributed by atoms with Gasteiger partial charge in [0.15, 0.2) is 0 Å². The quantitative estimate of drug-likeness (QED) is 0.891. The molecule has 23 heavy (non-hydrogen) atoms. The van der Waals surface area contributed by atoms with Gasteiger partial charge in [-0.05, 0) is 46.9 Å². The number of nitrogens with one attached hydrogen (secondary N) is 1. The number of hydrogen-bond acceptors (Lipinski definition) is 3. The summed E-state index contributed by atoms with van der Waals surface area (Å²) in [5.41, 5.74) is 4.34. The van der Waals surface area contributed by atoms with E-state index in [4.69, 9.17) is 0 Å². The van der Waals surface area contributed by atoms with Crippen LogP contribution in [-0.2, 0) is 11.3 Å². The molecule has 1 aromatic heterocycles. The molecule has 2 aromatic rings. The van der Waals surface area contributed by atoms with Gasteiger partial charge < -0.3 is 5.32 Å². The zero-order valence-corrected chi connectivity index (χ0v) is 14.6. The maximum absolute atomic E-state index is 12.0. The van der Waals surface area contributed by atoms with Crippen LogP contribution in [0.15, 0.2) is 30.3 Å². The number of carbonyl (C=O) groups is 1. The first-order valence-corrected chi connectivity index (χ1v) is 8.04. The largest absolute Gasteiger partial charge is 0.355 e. The molecule has 0 aliphatic carbocycles. The Labute approximate surface area is 138 Å². The van der Waals surface area contributed by atoms with Crippen molar-refractivity contribution in [3.63, 3.8) is 0 Å². The summed E-state index contributed by atoms with van der Waals surface area (Å²) in [6.07, 6.45) is 0. The molecule has 0 aliphatic heterocycles. The van der Waals surface area contributed by atoms with Crippen molar-refractivity contribution in [1.29, 1.82) is 0 Å². The van der Waals surface area contributed by atoms with Crippen LogP contribution < -0.4 is 5.32 Å². The SMILES string of the molecule is CCNC(=O)[C@H](C)N(C)Cc1c(C)nn(-c2ccccc2)c1C. The molecule has 0 radical (unpaired) electrons. The first-order chi connectivity index (χ1) is 11.0. The summed E-state index contributed by atoms with van der Waals surface area (Å²) in [5.74, 6) is 0.0563. The highest BCUT2D eigenvalue weighted by Gasteiger charge is 2.21. The van der Waals surface area contributed by atoms with E-state index in [1.807, 2.05) is 62.8 Å². The molecule has 0 fully saturated rings. The molecule has 0 saturated heterocycles. The fraction of sp³-hybridized carbons (Fsp3) is 0.444. The monoisotopic (exact) mass is 314 g/mol. The molecule has 5 heteroatoms. The van der Waals surface area contributed by atoms with Gasteiger partial charge in [0.05, 0.1) is 17.4 Å². The number of benzene rings is 1. The molecule has 0 saturated carbocycles. The number of aryl methyl sites for hydroxylation is 1. The number of nitrogens with zero attached hydrogens (tertiary/aromatic N) is 3. The molecule has 1 heterocycles. The van der Waals surface area contributed by atoms with Gasteiger partial charge in [0, 0.05) is 24.3 Å². The summed E-state index contributed by atoms with van der Waals surface area (Å²) in [5, 5.41) is 7.53. The zero-order chi connectivity index (χ0) is 17.0. The number of amides is 1. The van der Waals surface area contributed by atoms with Gasteiger partial charge in [0.25, 0.3) is 0 Å². The molecule has 0 aliphatic rings. The van der Waals surface area contributed by atoms with Crippen LogP contribution in [0.1, 0.15) is 30.8 Å². The van der Waals surface area contributed by atoms with Crippen LogP contribution in [0.2, 0.25) is 0 Å². The van der Waals surface area contributed by atoms with Gasteiger partial charge in [-0.1, -0.05) is 18.2 Å². The maximum Gasteiger partial charge on any atom is 0.237 e. The van der Waals surface area contributed by atoms with Crippen molar-refractivity contribution in [2.75, 3.05) is 13.6 Å². The van der Waals surface area contributed by atoms with E-state index in [0.29, 0.717) is 13.1 Å². The lowest BCUT2D eigenvalue weighted by Crippen LogP contribution is -2.42. The minimum Gasteiger partial charge on any atom is -0.355 e. The molecule has 1 N–H and O–H groups in total. The predicted molar refractivity (Wildman–Crippen MR) is 92.7 cm³/mol. The second-order valence-corrected chi connectivity index (χ2v) is 5.88. The third-order valence-electron chi connectivity index (χ3n) is 4.24. The van der Waals surface area contributed by atoms with Crippen molar-refractivity contribution in [2.45, 2.75) is 40.3 Å². The van der Waals surface area contributed by atoms with Gasteiger partial charge in [-0.25, -0.2) is 4.68 Å². The minimum atomic E-state index is -0.172. The van der Waals surface area contributed by atoms with Crippen molar-refractivity contribution in [3.8, 4) is 5.69 Å². The Morgan fingerprint density at radius 2 is 1.96 bits per heavy atom. The lowest BCUT2D eigenvalue weighted by atomic mass is 10.1. The normalized spacial score (nSPS) is 12.4. The zero-order valence-electron chi connectivity index (χ0n) is 14.6. The summed E-state index contributed by atoms with van der Waals surface area (Å²) in [6.45, 7) is 9.31. The Morgan fingerprint density at radius 1 is 1.30 bits per heavy atom. The highest BCUT2D eigenvalue weighted by Crippen LogP contribution is 2.19. The van der Waals surface area contributed by atoms with E-state index >= 15 is 0 Å². The third kappa shape index (κ3) is 3.79. The number of likely N-dealkylation sites (N-methyl/N-ethyl adjacent to an activating group) is 2. The first-order valence-electron chi connectivity index (χ1n) is 8.04. The van der Waals surface area contributed by atoms with Gasteiger partial charge in [0.1, 0.15) is 0 Å². The highest BCUT2D eigenvalue weighted by molar-refractivity contribution is 5.81. The van der Waals surface area contributed by atoms with Gasteiger partial charge in [0.2, 0.25) is 5.91 Å². The van der Waals surface area contributed by atoms with Crippen LogP contribution >= 0.6 is 0 Å². The standard InChI is InChI=1S/C18H26N4O/c1-6-19-18(23)15(4)21(5)12-17-13(2)20-22(14(17)3)16-10-8-7-9-11-16/h7-11,15H,6,12H2,1-5H3,(H,19,23)/t15-/m0/s1. The van der Waals surface area contributed by atoms with Crippen LogP contribution in [0.3, 0.4) is 0 Å². The summed E-state index contributed by atoms with van der Waals surface area (Å²) in [6, 6.07) is 9.93. The van der Waals surface area contributed by atoms with E-state index in [-0.39, 0.29) is 11.9 Å². The third-order valence-corrected chi connectivity index (χ3v) is 4.24. The van der Waals surface area contributed by atoms with E-state index in [1.54, 1.807) is 0 Å². The van der Waals surface area contributed by atoms with Crippen LogP contribution in [0.4, 0.5) is 0 Å². The fourth-order valence-electron chi connectivity index (χ4n) is 2.63. The van der Waals surface area contributed by atoms with E-state index in [0.717, 1.165) is 17.1 Å². The second kappa shape index (κ2) is 7.42. The summed E-state index contributed by atoms with van der Waals surface area (Å²) < 4.78 is 1.97. The lowest BCUT2D eigenvalue weighted by Gasteiger charge is -2.23. The molecule has 124 valence electrons. The molecule has 1 aromatic carbocycles. The Kier molecular flexibility index (Phi) is 5.55. The molecule has 0 unspecified atom stereocenters. The molecule has 5 nitrogen and oxygen atoms in total. The second-order valence-electron chi connectivity index (χ2n) is 5.88. The van der Waals surface area contributed by atoms with Gasteiger partial charge >= 0.3 is 0 Å². The number of rotatable bonds is 6. The summed E-state index contributed by atoms with van der Waals surface area (Å²) in [4.78, 5) is 14.1. The van der Waals surface area contributed by atoms with E-state index in [1.165, 1.54) is 5.56 Å². The number of carbonyl (C=O) groups excluding carboxylic acids is 1. The van der Waals surface area contributed by atoms with Gasteiger partial charge in [-0.2, -0.15) is 5.10 Å². The topological polar surface area (TPSA) is 50.2 Å². The molecule has 2 rings (SSSR count). The molecular formula is C18H26N4O. The predicted octanol–water partition coefficient (Wildman–Crippen LogP) is 2.45. The number of aromatic nitrogens is 2. The summed E-state index contributed by atoms with van der Waals surface area (Å²) in [7, 11) is 1.97. The van der Waals surface area contributed by atoms with Crippen LogP contribution in [0, 0.1) is 13.8 Å². The van der Waals surface area contributed by atoms with Gasteiger partial charge in [-0.3, -0.25) is 9.69 Å². The average molecular weight is 314 g/mol. The fourth-order valence-corrected chi connectivity index (χ4v) is 2.63. The molecule has 0 spiro atoms. The van der Waals surface area contributed by atoms with Crippen LogP contribution in [-0.4, -0.2) is 40.2 Å². The Balaban J connectivity index is 2.21. The maximum atomic E-state index is 12.0. The molecule has 0 bridgehead atoms. The smallest absolute Gasteiger partial charge is 0.237 e. The highest BCUT2D eigenvalue weighted by atomic mass is 16.2. The Morgan fingerprint density at radius 3 is 2.57 bits per heavy atom. The average Bonchev–Trinajstić information content (AvgIpc) is 2.83. The van der Waals surface area contributed by atoms with Crippen molar-refractivity contribution in [2.24, 2.45) is 0 Å². The first kappa shape index (κ1) is 17.2. The summed E-state index contributed by atoms with van der Waals surface area (Å²) >= 11 is 0. The Hall–Kier alpha value is -2.14. The molecule has 1 amide bonds. The van der Waals surface area contributed by atoms with Crippen molar-refractivity contribution >= 4 is 5.91 Å². The van der Waals surface area contributed by atoms with Crippen molar-refractivity contribution in [1.82, 2.24) is 20.0 Å². The van der Waals surface area contributed by atoms with Crippen LogP contribution in [0.25, 0.3) is 5.69 Å². The lowest BCUT2D eigenvalue weighted by molar-refractivity contribution is -0.125. The van der Waals surface area contributed by atoms with Crippen LogP contribution in [0.5, 0.6) is 0 Å².